The van der Waals surface area contributed by atoms with Gasteiger partial charge in [-0.25, -0.2) is 4.89 Å². The van der Waals surface area contributed by atoms with E-state index in [4.69, 9.17) is 38.0 Å². The lowest BCUT2D eigenvalue weighted by Crippen LogP contribution is -2.81. The van der Waals surface area contributed by atoms with Crippen molar-refractivity contribution in [2.45, 2.75) is 135 Å². The number of ether oxygens (including phenoxy) is 7. The van der Waals surface area contributed by atoms with Crippen molar-refractivity contribution in [3.8, 4) is 0 Å². The zero-order chi connectivity index (χ0) is 39.2. The van der Waals surface area contributed by atoms with Gasteiger partial charge in [0, 0.05) is 52.4 Å². The lowest BCUT2D eigenvalue weighted by molar-refractivity contribution is -0.359. The lowest BCUT2D eigenvalue weighted by Gasteiger charge is -2.72. The van der Waals surface area contributed by atoms with E-state index in [0.29, 0.717) is 0 Å². The summed E-state index contributed by atoms with van der Waals surface area (Å²) >= 11 is 0. The van der Waals surface area contributed by atoms with Crippen LogP contribution in [0.2, 0.25) is 0 Å². The van der Waals surface area contributed by atoms with E-state index in [-0.39, 0.29) is 19.4 Å². The Hall–Kier alpha value is -3.67. The molecule has 5 saturated carbocycles. The average Bonchev–Trinajstić information content (AvgIpc) is 3.84. The molecule has 2 heterocycles. The van der Waals surface area contributed by atoms with Crippen molar-refractivity contribution in [3.05, 3.63) is 0 Å². The number of cyclic esters (lactones) is 1. The second-order valence-electron chi connectivity index (χ2n) is 16.7. The van der Waals surface area contributed by atoms with Crippen LogP contribution >= 0.6 is 0 Å². The molecule has 5 aliphatic carbocycles. The quantitative estimate of drug-likeness (QED) is 0.121. The summed E-state index contributed by atoms with van der Waals surface area (Å²) in [5.41, 5.74) is -12.2. The minimum absolute atomic E-state index is 0.0364. The molecule has 0 amide bonds. The van der Waals surface area contributed by atoms with Crippen molar-refractivity contribution in [2.75, 3.05) is 6.61 Å². The summed E-state index contributed by atoms with van der Waals surface area (Å²) in [7, 11) is 0. The van der Waals surface area contributed by atoms with Crippen molar-refractivity contribution in [1.29, 1.82) is 0 Å². The van der Waals surface area contributed by atoms with E-state index in [0.717, 1.165) is 27.7 Å². The third kappa shape index (κ3) is 4.09. The second-order valence-corrected chi connectivity index (χ2v) is 16.7. The fraction of sp³-hybridized carbons (Fsp3) is 0.806. The van der Waals surface area contributed by atoms with Gasteiger partial charge >= 0.3 is 35.8 Å². The average molecular weight is 751 g/mol. The molecule has 0 aromatic rings. The number of aliphatic hydroxyl groups is 1. The van der Waals surface area contributed by atoms with E-state index in [1.54, 1.807) is 13.8 Å². The molecule has 16 atom stereocenters. The van der Waals surface area contributed by atoms with Crippen LogP contribution in [-0.2, 0) is 71.6 Å². The Morgan fingerprint density at radius 3 is 1.94 bits per heavy atom. The number of esters is 6. The largest absolute Gasteiger partial charge is 0.465 e. The Kier molecular flexibility index (Phi) is 7.95. The van der Waals surface area contributed by atoms with Gasteiger partial charge in [0.05, 0.1) is 16.9 Å². The molecule has 7 rings (SSSR count). The molecule has 7 fully saturated rings. The van der Waals surface area contributed by atoms with Gasteiger partial charge in [-0.2, -0.15) is 0 Å². The second kappa shape index (κ2) is 11.2. The van der Waals surface area contributed by atoms with Crippen molar-refractivity contribution in [2.24, 2.45) is 39.4 Å². The number of epoxide rings is 1. The number of hydrogen-bond acceptors (Lipinski definition) is 17. The minimum atomic E-state index is -2.20. The van der Waals surface area contributed by atoms with Crippen LogP contribution in [0.5, 0.6) is 0 Å². The van der Waals surface area contributed by atoms with Crippen LogP contribution in [0.4, 0.5) is 0 Å². The normalized spacial score (nSPS) is 50.2. The van der Waals surface area contributed by atoms with Gasteiger partial charge in [-0.15, -0.1) is 0 Å². The molecule has 292 valence electrons. The van der Waals surface area contributed by atoms with Gasteiger partial charge in [0.25, 0.3) is 0 Å². The van der Waals surface area contributed by atoms with Gasteiger partial charge < -0.3 is 38.3 Å². The fourth-order valence-electron chi connectivity index (χ4n) is 13.4. The van der Waals surface area contributed by atoms with Crippen LogP contribution in [-0.4, -0.2) is 112 Å². The monoisotopic (exact) mass is 750 g/mol. The first kappa shape index (κ1) is 37.6. The summed E-state index contributed by atoms with van der Waals surface area (Å²) in [5, 5.41) is 23.9. The topological polar surface area (TPSA) is 237 Å². The molecule has 2 N–H and O–H groups in total. The molecular formula is C36H46O17. The molecule has 17 nitrogen and oxygen atoms in total. The van der Waals surface area contributed by atoms with E-state index in [2.05, 4.69) is 0 Å². The highest BCUT2D eigenvalue weighted by Gasteiger charge is 3.10. The Balaban J connectivity index is 1.54. The zero-order valence-electron chi connectivity index (χ0n) is 31.0. The number of carbonyl (C=O) groups is 7. The highest BCUT2D eigenvalue weighted by molar-refractivity contribution is 5.94. The maximum absolute atomic E-state index is 14.2. The molecule has 53 heavy (non-hydrogen) atoms. The summed E-state index contributed by atoms with van der Waals surface area (Å²) in [6, 6.07) is 0. The zero-order valence-corrected chi connectivity index (χ0v) is 31.0. The molecule has 0 aromatic heterocycles. The number of Topliss-reactive ketones (excluding diaryl/α,β-unsaturated/α-hetero) is 1. The van der Waals surface area contributed by atoms with Crippen molar-refractivity contribution < 1.29 is 82.0 Å². The third-order valence-corrected chi connectivity index (χ3v) is 14.5. The Labute approximate surface area is 304 Å². The Bertz CT molecular complexity index is 1730. The summed E-state index contributed by atoms with van der Waals surface area (Å²) in [4.78, 5) is 98.0. The summed E-state index contributed by atoms with van der Waals surface area (Å²) < 4.78 is 41.9. The van der Waals surface area contributed by atoms with Crippen LogP contribution in [0.25, 0.3) is 0 Å². The molecular weight excluding hydrogens is 704 g/mol. The standard InChI is InChI=1S/C36H46O17/c1-14(47-15(2)37)33-13-46-29(43)24(33)30(7)11-10-21-31(8,23(30)22(48-16(3)38)26(33)49-17(4)39)27(50-18(5)40)28(51-19(6)41)35-32(9,53-45)36(35)25(52-36)20(42)12-34(21,35)44/h14,21-28,44-45H,10-13H2,1-9H3/t14-,21?,22?,23?,24?,25?,26?,27?,28?,30?,31?,32+,33?,34?,35?,36?/m1/s1. The maximum Gasteiger partial charge on any atom is 0.310 e. The first-order valence-electron chi connectivity index (χ1n) is 17.8. The fourth-order valence-corrected chi connectivity index (χ4v) is 13.4. The molecule has 7 aliphatic rings. The summed E-state index contributed by atoms with van der Waals surface area (Å²) in [6.07, 6.45) is -8.92. The third-order valence-electron chi connectivity index (χ3n) is 14.5. The summed E-state index contributed by atoms with van der Waals surface area (Å²) in [5.74, 6) is -8.77. The van der Waals surface area contributed by atoms with Crippen LogP contribution in [0.3, 0.4) is 0 Å². The van der Waals surface area contributed by atoms with E-state index in [1.807, 2.05) is 0 Å². The molecule has 2 spiro atoms. The van der Waals surface area contributed by atoms with Gasteiger partial charge in [-0.05, 0) is 38.0 Å². The molecule has 0 aromatic carbocycles. The molecule has 14 unspecified atom stereocenters. The van der Waals surface area contributed by atoms with Crippen molar-refractivity contribution >= 4 is 41.6 Å². The van der Waals surface area contributed by atoms with E-state index < -0.39 is 141 Å². The number of hydrogen-bond donors (Lipinski definition) is 2. The molecule has 0 bridgehead atoms. The predicted octanol–water partition coefficient (Wildman–Crippen LogP) is 0.980. The van der Waals surface area contributed by atoms with Crippen LogP contribution in [0, 0.1) is 39.4 Å². The van der Waals surface area contributed by atoms with Crippen LogP contribution < -0.4 is 0 Å². The Morgan fingerprint density at radius 2 is 1.40 bits per heavy atom. The van der Waals surface area contributed by atoms with Gasteiger partial charge in [-0.1, -0.05) is 13.8 Å². The number of ketones is 1. The molecule has 17 heteroatoms. The number of carbonyl (C=O) groups excluding carboxylic acids is 7. The van der Waals surface area contributed by atoms with E-state index in [9.17, 15) is 43.9 Å². The van der Waals surface area contributed by atoms with Crippen molar-refractivity contribution in [3.63, 3.8) is 0 Å². The van der Waals surface area contributed by atoms with Gasteiger partial charge in [0.1, 0.15) is 42.0 Å². The van der Waals surface area contributed by atoms with E-state index >= 15 is 0 Å². The summed E-state index contributed by atoms with van der Waals surface area (Å²) in [6.45, 7) is 11.6. The molecule has 0 radical (unpaired) electrons. The Morgan fingerprint density at radius 1 is 0.830 bits per heavy atom. The van der Waals surface area contributed by atoms with E-state index in [1.165, 1.54) is 20.8 Å². The SMILES string of the molecule is CC(=O)OC1C2C(C)(CCC3C2(C)C(OC(C)=O)C(OC(C)=O)C24C3(O)CC(=O)C3OC32[C@@]4(C)OO)C2C(=O)OCC2([C@@H](C)OC(C)=O)C1OC(C)=O. The number of fused-ring (bicyclic) bond motifs is 6. The highest BCUT2D eigenvalue weighted by Crippen LogP contribution is 2.91. The smallest absolute Gasteiger partial charge is 0.310 e. The molecule has 2 saturated heterocycles. The van der Waals surface area contributed by atoms with Crippen LogP contribution in [0.15, 0.2) is 0 Å². The highest BCUT2D eigenvalue weighted by atomic mass is 17.1. The van der Waals surface area contributed by atoms with Gasteiger partial charge in [0.15, 0.2) is 23.6 Å². The lowest BCUT2D eigenvalue weighted by atomic mass is 9.34. The van der Waals surface area contributed by atoms with Gasteiger partial charge in [-0.3, -0.25) is 38.8 Å². The first-order valence-corrected chi connectivity index (χ1v) is 17.8. The van der Waals surface area contributed by atoms with Crippen molar-refractivity contribution in [1.82, 2.24) is 0 Å². The first-order chi connectivity index (χ1) is 24.5. The number of rotatable bonds is 7. The van der Waals surface area contributed by atoms with Crippen LogP contribution in [0.1, 0.15) is 81.6 Å². The minimum Gasteiger partial charge on any atom is -0.465 e. The molecule has 2 aliphatic heterocycles. The maximum atomic E-state index is 14.2. The van der Waals surface area contributed by atoms with Gasteiger partial charge in [0.2, 0.25) is 0 Å². The predicted molar refractivity (Wildman–Crippen MR) is 169 cm³/mol.